The number of aliphatic carboxylic acids is 1. The fourth-order valence-electron chi connectivity index (χ4n) is 5.76. The van der Waals surface area contributed by atoms with E-state index in [1.54, 1.807) is 0 Å². The summed E-state index contributed by atoms with van der Waals surface area (Å²) in [7, 11) is 0. The van der Waals surface area contributed by atoms with E-state index in [4.69, 9.17) is 0 Å². The molecule has 2 saturated heterocycles. The minimum absolute atomic E-state index is 0.153. The van der Waals surface area contributed by atoms with Crippen molar-refractivity contribution in [3.8, 4) is 0 Å². The fourth-order valence-corrected chi connectivity index (χ4v) is 5.76. The molecule has 0 radical (unpaired) electrons. The molecule has 2 aromatic rings. The van der Waals surface area contributed by atoms with Crippen molar-refractivity contribution < 1.29 is 24.3 Å². The van der Waals surface area contributed by atoms with Crippen molar-refractivity contribution in [1.29, 1.82) is 0 Å². The van der Waals surface area contributed by atoms with Crippen LogP contribution in [0.3, 0.4) is 0 Å². The van der Waals surface area contributed by atoms with Gasteiger partial charge in [0.2, 0.25) is 17.7 Å². The number of nitrogens with one attached hydrogen (secondary N) is 2. The lowest BCUT2D eigenvalue weighted by Crippen LogP contribution is -2.53. The average Bonchev–Trinajstić information content (AvgIpc) is 3.41. The van der Waals surface area contributed by atoms with Gasteiger partial charge in [-0.3, -0.25) is 29.4 Å². The van der Waals surface area contributed by atoms with Gasteiger partial charge in [0.25, 0.3) is 0 Å². The molecule has 3 heterocycles. The topological polar surface area (TPSA) is 116 Å². The van der Waals surface area contributed by atoms with Gasteiger partial charge in [0.15, 0.2) is 0 Å². The molecule has 4 atom stereocenters. The van der Waals surface area contributed by atoms with Crippen molar-refractivity contribution in [1.82, 2.24) is 10.2 Å². The number of carboxylic acids is 1. The van der Waals surface area contributed by atoms with Crippen LogP contribution < -0.4 is 10.6 Å². The third kappa shape index (κ3) is 3.32. The third-order valence-corrected chi connectivity index (χ3v) is 7.41. The van der Waals surface area contributed by atoms with Crippen molar-refractivity contribution in [3.05, 3.63) is 65.2 Å². The van der Waals surface area contributed by atoms with Gasteiger partial charge in [-0.05, 0) is 36.5 Å². The van der Waals surface area contributed by atoms with E-state index in [-0.39, 0.29) is 37.1 Å². The Morgan fingerprint density at radius 3 is 2.53 bits per heavy atom. The molecule has 3 aliphatic heterocycles. The van der Waals surface area contributed by atoms with Crippen molar-refractivity contribution in [3.63, 3.8) is 0 Å². The number of carboxylic acid groups (broad SMARTS) is 1. The van der Waals surface area contributed by atoms with E-state index in [0.29, 0.717) is 17.7 Å². The highest BCUT2D eigenvalue weighted by atomic mass is 16.4. The number of hydrogen-bond acceptors (Lipinski definition) is 5. The van der Waals surface area contributed by atoms with Crippen LogP contribution in [0.25, 0.3) is 0 Å². The molecule has 2 aromatic carbocycles. The second-order valence-corrected chi connectivity index (χ2v) is 9.25. The van der Waals surface area contributed by atoms with Crippen molar-refractivity contribution >= 4 is 29.4 Å². The van der Waals surface area contributed by atoms with Crippen LogP contribution in [0.2, 0.25) is 0 Å². The summed E-state index contributed by atoms with van der Waals surface area (Å²) in [6.45, 7) is 2.23. The second-order valence-electron chi connectivity index (χ2n) is 9.25. The van der Waals surface area contributed by atoms with E-state index >= 15 is 0 Å². The Hall–Kier alpha value is -3.52. The smallest absolute Gasteiger partial charge is 0.303 e. The highest BCUT2D eigenvalue weighted by Crippen LogP contribution is 2.53. The molecule has 8 nitrogen and oxygen atoms in total. The lowest BCUT2D eigenvalue weighted by Gasteiger charge is -2.29. The predicted molar refractivity (Wildman–Crippen MR) is 124 cm³/mol. The molecule has 3 aliphatic rings. The van der Waals surface area contributed by atoms with Crippen LogP contribution in [0.5, 0.6) is 0 Å². The summed E-state index contributed by atoms with van der Waals surface area (Å²) in [6.07, 6.45) is 1.26. The summed E-state index contributed by atoms with van der Waals surface area (Å²) in [5, 5.41) is 15.4. The third-order valence-electron chi connectivity index (χ3n) is 7.41. The molecular weight excluding hydrogens is 434 g/mol. The molecule has 0 unspecified atom stereocenters. The Kier molecular flexibility index (Phi) is 5.48. The van der Waals surface area contributed by atoms with Gasteiger partial charge in [0, 0.05) is 30.3 Å². The molecule has 0 aromatic heterocycles. The largest absolute Gasteiger partial charge is 0.481 e. The molecule has 0 aliphatic carbocycles. The molecule has 5 rings (SSSR count). The standard InChI is InChI=1S/C26H27N3O5/c1-2-15-8-9-18-17(14-15)26(25(34)27-18)22-21(19(28-26)10-11-20(30)31)23(32)29(24(22)33)13-12-16-6-4-3-5-7-16/h3-9,14,19,21-22,28H,2,10-13H2,1H3,(H,27,34)(H,30,31)/t19-,21-,22+,26-/m1/s1. The minimum Gasteiger partial charge on any atom is -0.481 e. The summed E-state index contributed by atoms with van der Waals surface area (Å²) < 4.78 is 0. The molecule has 176 valence electrons. The molecule has 3 N–H and O–H groups in total. The molecule has 0 saturated carbocycles. The van der Waals surface area contributed by atoms with Crippen LogP contribution in [0.4, 0.5) is 5.69 Å². The van der Waals surface area contributed by atoms with Crippen molar-refractivity contribution in [2.45, 2.75) is 44.2 Å². The number of likely N-dealkylation sites (tertiary alicyclic amines) is 1. The van der Waals surface area contributed by atoms with Gasteiger partial charge in [-0.1, -0.05) is 49.4 Å². The van der Waals surface area contributed by atoms with Crippen molar-refractivity contribution in [2.24, 2.45) is 11.8 Å². The summed E-state index contributed by atoms with van der Waals surface area (Å²) in [5.74, 6) is -3.76. The number of anilines is 1. The highest BCUT2D eigenvalue weighted by molar-refractivity contribution is 6.15. The lowest BCUT2D eigenvalue weighted by atomic mass is 9.76. The first kappa shape index (κ1) is 22.3. The number of carbonyl (C=O) groups is 4. The summed E-state index contributed by atoms with van der Waals surface area (Å²) in [4.78, 5) is 53.3. The maximum atomic E-state index is 13.7. The Morgan fingerprint density at radius 2 is 1.82 bits per heavy atom. The van der Waals surface area contributed by atoms with E-state index in [0.717, 1.165) is 17.5 Å². The van der Waals surface area contributed by atoms with Gasteiger partial charge in [-0.25, -0.2) is 0 Å². The van der Waals surface area contributed by atoms with Gasteiger partial charge in [0.05, 0.1) is 11.8 Å². The van der Waals surface area contributed by atoms with E-state index < -0.39 is 29.4 Å². The van der Waals surface area contributed by atoms with Gasteiger partial charge in [0.1, 0.15) is 5.54 Å². The first-order valence-electron chi connectivity index (χ1n) is 11.7. The molecule has 2 fully saturated rings. The monoisotopic (exact) mass is 461 g/mol. The molecule has 8 heteroatoms. The van der Waals surface area contributed by atoms with E-state index in [9.17, 15) is 24.3 Å². The predicted octanol–water partition coefficient (Wildman–Crippen LogP) is 2.08. The first-order chi connectivity index (χ1) is 16.4. The quantitative estimate of drug-likeness (QED) is 0.544. The van der Waals surface area contributed by atoms with Crippen LogP contribution in [0.1, 0.15) is 36.5 Å². The number of rotatable bonds is 7. The number of benzene rings is 2. The number of carbonyl (C=O) groups excluding carboxylic acids is 3. The maximum Gasteiger partial charge on any atom is 0.303 e. The Balaban J connectivity index is 1.54. The number of amides is 3. The fraction of sp³-hybridized carbons (Fsp3) is 0.385. The van der Waals surface area contributed by atoms with Crippen LogP contribution in [0, 0.1) is 11.8 Å². The van der Waals surface area contributed by atoms with Gasteiger partial charge in [-0.15, -0.1) is 0 Å². The van der Waals surface area contributed by atoms with Crippen LogP contribution in [-0.2, 0) is 37.6 Å². The number of hydrogen-bond donors (Lipinski definition) is 3. The number of aryl methyl sites for hydroxylation is 1. The zero-order valence-corrected chi connectivity index (χ0v) is 18.9. The SMILES string of the molecule is CCc1ccc2c(c1)[C@]1(N[C@H](CCC(=O)O)[C@H]3C(=O)N(CCc4ccccc4)C(=O)[C@H]31)C(=O)N2. The van der Waals surface area contributed by atoms with Crippen LogP contribution in [-0.4, -0.2) is 46.3 Å². The molecule has 1 spiro atoms. The number of fused-ring (bicyclic) bond motifs is 4. The molecule has 0 bridgehead atoms. The molecular formula is C26H27N3O5. The van der Waals surface area contributed by atoms with Crippen molar-refractivity contribution in [2.75, 3.05) is 11.9 Å². The zero-order chi connectivity index (χ0) is 24.0. The molecule has 3 amide bonds. The summed E-state index contributed by atoms with van der Waals surface area (Å²) >= 11 is 0. The number of nitrogens with zero attached hydrogens (tertiary/aromatic N) is 1. The Labute approximate surface area is 197 Å². The normalized spacial score (nSPS) is 27.3. The maximum absolute atomic E-state index is 13.7. The molecule has 34 heavy (non-hydrogen) atoms. The minimum atomic E-state index is -1.39. The van der Waals surface area contributed by atoms with Gasteiger partial charge in [-0.2, -0.15) is 0 Å². The van der Waals surface area contributed by atoms with E-state index in [1.807, 2.05) is 55.5 Å². The lowest BCUT2D eigenvalue weighted by molar-refractivity contribution is -0.143. The average molecular weight is 462 g/mol. The Morgan fingerprint density at radius 1 is 1.06 bits per heavy atom. The zero-order valence-electron chi connectivity index (χ0n) is 18.9. The Bertz CT molecular complexity index is 1180. The summed E-state index contributed by atoms with van der Waals surface area (Å²) in [5.41, 5.74) is 1.92. The van der Waals surface area contributed by atoms with Gasteiger partial charge < -0.3 is 10.4 Å². The summed E-state index contributed by atoms with van der Waals surface area (Å²) in [6, 6.07) is 14.7. The van der Waals surface area contributed by atoms with Crippen LogP contribution >= 0.6 is 0 Å². The van der Waals surface area contributed by atoms with Gasteiger partial charge >= 0.3 is 5.97 Å². The highest BCUT2D eigenvalue weighted by Gasteiger charge is 2.70. The first-order valence-corrected chi connectivity index (χ1v) is 11.7. The second kappa shape index (κ2) is 8.36. The van der Waals surface area contributed by atoms with Crippen LogP contribution in [0.15, 0.2) is 48.5 Å². The number of imide groups is 1. The van der Waals surface area contributed by atoms with E-state index in [2.05, 4.69) is 10.6 Å². The van der Waals surface area contributed by atoms with E-state index in [1.165, 1.54) is 4.90 Å².